The molecule has 0 atom stereocenters. The van der Waals surface area contributed by atoms with Crippen molar-refractivity contribution in [2.45, 2.75) is 19.9 Å². The van der Waals surface area contributed by atoms with E-state index < -0.39 is 0 Å². The Kier molecular flexibility index (Phi) is 8.12. The summed E-state index contributed by atoms with van der Waals surface area (Å²) in [6, 6.07) is 15.8. The predicted molar refractivity (Wildman–Crippen MR) is 146 cm³/mol. The molecular formula is C29H29ClN2O6. The van der Waals surface area contributed by atoms with Crippen molar-refractivity contribution in [3.63, 3.8) is 0 Å². The number of methoxy groups -OCH3 is 4. The lowest BCUT2D eigenvalue weighted by Gasteiger charge is -2.14. The molecule has 0 spiro atoms. The summed E-state index contributed by atoms with van der Waals surface area (Å²) in [6.07, 6.45) is 0.0703. The highest BCUT2D eigenvalue weighted by Gasteiger charge is 2.22. The van der Waals surface area contributed by atoms with Gasteiger partial charge in [-0.3, -0.25) is 14.2 Å². The van der Waals surface area contributed by atoms with Gasteiger partial charge in [-0.1, -0.05) is 11.6 Å². The van der Waals surface area contributed by atoms with Gasteiger partial charge in [-0.05, 0) is 72.6 Å². The summed E-state index contributed by atoms with van der Waals surface area (Å²) >= 11 is 6.01. The van der Waals surface area contributed by atoms with Crippen molar-refractivity contribution in [1.29, 1.82) is 0 Å². The first-order valence-corrected chi connectivity index (χ1v) is 12.2. The average molecular weight is 537 g/mol. The molecule has 0 aliphatic carbocycles. The molecule has 0 radical (unpaired) electrons. The smallest absolute Gasteiger partial charge is 0.262 e. The maximum Gasteiger partial charge on any atom is 0.262 e. The second-order valence-corrected chi connectivity index (χ2v) is 9.02. The zero-order valence-corrected chi connectivity index (χ0v) is 22.6. The maximum atomic E-state index is 13.5. The minimum Gasteiger partial charge on any atom is -0.497 e. The van der Waals surface area contributed by atoms with E-state index in [2.05, 4.69) is 5.32 Å². The van der Waals surface area contributed by atoms with E-state index in [-0.39, 0.29) is 24.8 Å². The number of nitrogens with zero attached hydrogens (tertiary/aromatic N) is 1. The standard InChI is InChI=1S/C29H29ClN2O6/c1-17-22(15-27(33)31-16-18-12-25(36-3)28(38-5)26(13-18)37-4)23-14-21(35-2)10-11-24(23)32(17)29(34)19-6-8-20(30)9-7-19/h6-14H,15-16H2,1-5H3,(H,31,33). The fourth-order valence-electron chi connectivity index (χ4n) is 4.46. The lowest BCUT2D eigenvalue weighted by Crippen LogP contribution is -2.25. The number of ether oxygens (including phenoxy) is 4. The topological polar surface area (TPSA) is 88.0 Å². The molecule has 38 heavy (non-hydrogen) atoms. The molecule has 1 N–H and O–H groups in total. The monoisotopic (exact) mass is 536 g/mol. The summed E-state index contributed by atoms with van der Waals surface area (Å²) in [7, 11) is 6.19. The third-order valence-corrected chi connectivity index (χ3v) is 6.64. The first-order chi connectivity index (χ1) is 18.3. The molecular weight excluding hydrogens is 508 g/mol. The van der Waals surface area contributed by atoms with Crippen LogP contribution in [-0.2, 0) is 17.8 Å². The molecule has 1 aromatic heterocycles. The Balaban J connectivity index is 1.64. The van der Waals surface area contributed by atoms with E-state index in [0.29, 0.717) is 44.8 Å². The van der Waals surface area contributed by atoms with Crippen LogP contribution >= 0.6 is 11.6 Å². The van der Waals surface area contributed by atoms with Crippen LogP contribution in [0.4, 0.5) is 0 Å². The quantitative estimate of drug-likeness (QED) is 0.317. The Morgan fingerprint density at radius 1 is 0.868 bits per heavy atom. The number of carbonyl (C=O) groups excluding carboxylic acids is 2. The van der Waals surface area contributed by atoms with Gasteiger partial charge in [-0.25, -0.2) is 0 Å². The number of rotatable bonds is 9. The SMILES string of the molecule is COc1ccc2c(c1)c(CC(=O)NCc1cc(OC)c(OC)c(OC)c1)c(C)n2C(=O)c1ccc(Cl)cc1. The molecule has 0 bridgehead atoms. The predicted octanol–water partition coefficient (Wildman–Crippen LogP) is 5.18. The zero-order valence-electron chi connectivity index (χ0n) is 21.9. The van der Waals surface area contributed by atoms with Gasteiger partial charge in [0.2, 0.25) is 11.7 Å². The highest BCUT2D eigenvalue weighted by Crippen LogP contribution is 2.38. The van der Waals surface area contributed by atoms with Crippen LogP contribution in [0.3, 0.4) is 0 Å². The van der Waals surface area contributed by atoms with Crippen molar-refractivity contribution in [3.8, 4) is 23.0 Å². The number of aromatic nitrogens is 1. The molecule has 0 aliphatic heterocycles. The number of halogens is 1. The van der Waals surface area contributed by atoms with Gasteiger partial charge in [-0.2, -0.15) is 0 Å². The number of fused-ring (bicyclic) bond motifs is 1. The largest absolute Gasteiger partial charge is 0.497 e. The Bertz CT molecular complexity index is 1470. The van der Waals surface area contributed by atoms with E-state index in [1.165, 1.54) is 21.3 Å². The van der Waals surface area contributed by atoms with Gasteiger partial charge in [0.25, 0.3) is 5.91 Å². The molecule has 0 fully saturated rings. The van der Waals surface area contributed by atoms with Crippen LogP contribution in [-0.4, -0.2) is 44.8 Å². The molecule has 198 valence electrons. The Morgan fingerprint density at radius 3 is 2.11 bits per heavy atom. The fourth-order valence-corrected chi connectivity index (χ4v) is 4.58. The van der Waals surface area contributed by atoms with Crippen LogP contribution in [0, 0.1) is 6.92 Å². The summed E-state index contributed by atoms with van der Waals surface area (Å²) in [4.78, 5) is 26.6. The second-order valence-electron chi connectivity index (χ2n) is 8.58. The van der Waals surface area contributed by atoms with E-state index in [1.54, 1.807) is 54.1 Å². The van der Waals surface area contributed by atoms with E-state index in [9.17, 15) is 9.59 Å². The van der Waals surface area contributed by atoms with Crippen LogP contribution in [0.5, 0.6) is 23.0 Å². The summed E-state index contributed by atoms with van der Waals surface area (Å²) in [5.74, 6) is 1.70. The average Bonchev–Trinajstić information content (AvgIpc) is 3.21. The first kappa shape index (κ1) is 26.9. The number of hydrogen-bond donors (Lipinski definition) is 1. The van der Waals surface area contributed by atoms with Crippen molar-refractivity contribution in [1.82, 2.24) is 9.88 Å². The van der Waals surface area contributed by atoms with Gasteiger partial charge in [0.05, 0.1) is 40.4 Å². The Hall–Kier alpha value is -4.17. The van der Waals surface area contributed by atoms with Gasteiger partial charge in [0, 0.05) is 28.2 Å². The molecule has 8 nitrogen and oxygen atoms in total. The van der Waals surface area contributed by atoms with Gasteiger partial charge >= 0.3 is 0 Å². The molecule has 3 aromatic carbocycles. The van der Waals surface area contributed by atoms with Crippen LogP contribution in [0.25, 0.3) is 10.9 Å². The van der Waals surface area contributed by atoms with Crippen molar-refractivity contribution in [2.75, 3.05) is 28.4 Å². The van der Waals surface area contributed by atoms with E-state index in [4.69, 9.17) is 30.5 Å². The molecule has 1 heterocycles. The van der Waals surface area contributed by atoms with Crippen molar-refractivity contribution >= 4 is 34.3 Å². The molecule has 0 saturated carbocycles. The van der Waals surface area contributed by atoms with Gasteiger partial charge in [0.15, 0.2) is 11.5 Å². The summed E-state index contributed by atoms with van der Waals surface area (Å²) < 4.78 is 23.2. The summed E-state index contributed by atoms with van der Waals surface area (Å²) in [5.41, 5.74) is 3.38. The lowest BCUT2D eigenvalue weighted by atomic mass is 10.1. The highest BCUT2D eigenvalue weighted by molar-refractivity contribution is 6.30. The Labute approximate surface area is 226 Å². The Morgan fingerprint density at radius 2 is 1.53 bits per heavy atom. The molecule has 0 aliphatic rings. The minimum atomic E-state index is -0.210. The molecule has 0 saturated heterocycles. The van der Waals surface area contributed by atoms with Crippen LogP contribution in [0.1, 0.15) is 27.2 Å². The second kappa shape index (κ2) is 11.5. The number of carbonyl (C=O) groups is 2. The third-order valence-electron chi connectivity index (χ3n) is 6.39. The lowest BCUT2D eigenvalue weighted by molar-refractivity contribution is -0.120. The summed E-state index contributed by atoms with van der Waals surface area (Å²) in [6.45, 7) is 2.09. The van der Waals surface area contributed by atoms with Gasteiger partial charge in [-0.15, -0.1) is 0 Å². The fraction of sp³-hybridized carbons (Fsp3) is 0.241. The van der Waals surface area contributed by atoms with E-state index in [1.807, 2.05) is 19.1 Å². The number of hydrogen-bond acceptors (Lipinski definition) is 6. The number of amides is 1. The number of nitrogens with one attached hydrogen (secondary N) is 1. The van der Waals surface area contributed by atoms with Crippen molar-refractivity contribution in [3.05, 3.63) is 82.0 Å². The first-order valence-electron chi connectivity index (χ1n) is 11.8. The molecule has 4 rings (SSSR count). The normalized spacial score (nSPS) is 10.8. The molecule has 0 unspecified atom stereocenters. The van der Waals surface area contributed by atoms with Crippen LogP contribution in [0.2, 0.25) is 5.02 Å². The number of benzene rings is 3. The van der Waals surface area contributed by atoms with Crippen molar-refractivity contribution in [2.24, 2.45) is 0 Å². The van der Waals surface area contributed by atoms with Crippen molar-refractivity contribution < 1.29 is 28.5 Å². The van der Waals surface area contributed by atoms with Crippen LogP contribution in [0.15, 0.2) is 54.6 Å². The van der Waals surface area contributed by atoms with Gasteiger partial charge in [0.1, 0.15) is 5.75 Å². The molecule has 9 heteroatoms. The molecule has 4 aromatic rings. The zero-order chi connectivity index (χ0) is 27.4. The minimum absolute atomic E-state index is 0.0703. The van der Waals surface area contributed by atoms with E-state index in [0.717, 1.165) is 16.5 Å². The van der Waals surface area contributed by atoms with Crippen LogP contribution < -0.4 is 24.3 Å². The third kappa shape index (κ3) is 5.26. The highest BCUT2D eigenvalue weighted by atomic mass is 35.5. The molecule has 1 amide bonds. The van der Waals surface area contributed by atoms with E-state index >= 15 is 0 Å². The summed E-state index contributed by atoms with van der Waals surface area (Å²) in [5, 5.41) is 4.27. The van der Waals surface area contributed by atoms with Gasteiger partial charge < -0.3 is 24.3 Å². The maximum absolute atomic E-state index is 13.5.